The lowest BCUT2D eigenvalue weighted by Crippen LogP contribution is -2.49. The van der Waals surface area contributed by atoms with Gasteiger partial charge in [-0.2, -0.15) is 0 Å². The summed E-state index contributed by atoms with van der Waals surface area (Å²) in [4.78, 5) is 30.3. The minimum atomic E-state index is -0.0469. The molecular formula is C18H26BrN3O2. The molecule has 2 rings (SSSR count). The van der Waals surface area contributed by atoms with Crippen LogP contribution < -0.4 is 4.90 Å². The summed E-state index contributed by atoms with van der Waals surface area (Å²) in [6.07, 6.45) is 0.358. The second kappa shape index (κ2) is 8.62. The van der Waals surface area contributed by atoms with Gasteiger partial charge in [0.2, 0.25) is 11.8 Å². The summed E-state index contributed by atoms with van der Waals surface area (Å²) < 4.78 is 0.966. The molecule has 0 unspecified atom stereocenters. The van der Waals surface area contributed by atoms with E-state index < -0.39 is 0 Å². The van der Waals surface area contributed by atoms with E-state index in [4.69, 9.17) is 0 Å². The molecule has 132 valence electrons. The molecule has 0 aromatic heterocycles. The van der Waals surface area contributed by atoms with Gasteiger partial charge < -0.3 is 14.7 Å². The third-order valence-corrected chi connectivity index (χ3v) is 5.42. The molecule has 1 aliphatic rings. The van der Waals surface area contributed by atoms with Crippen molar-refractivity contribution in [1.29, 1.82) is 0 Å². The van der Waals surface area contributed by atoms with Crippen molar-refractivity contribution in [2.24, 2.45) is 0 Å². The fourth-order valence-electron chi connectivity index (χ4n) is 2.90. The van der Waals surface area contributed by atoms with E-state index >= 15 is 0 Å². The number of benzene rings is 1. The van der Waals surface area contributed by atoms with E-state index in [9.17, 15) is 9.59 Å². The summed E-state index contributed by atoms with van der Waals surface area (Å²) in [6.45, 7) is 10.6. The molecule has 1 saturated heterocycles. The van der Waals surface area contributed by atoms with Gasteiger partial charge in [-0.05, 0) is 31.2 Å². The summed E-state index contributed by atoms with van der Waals surface area (Å²) in [5, 5.41) is 0. The van der Waals surface area contributed by atoms with Crippen molar-refractivity contribution in [3.05, 3.63) is 28.2 Å². The second-order valence-electron chi connectivity index (χ2n) is 6.17. The Morgan fingerprint density at radius 1 is 1.21 bits per heavy atom. The largest absolute Gasteiger partial charge is 0.340 e. The van der Waals surface area contributed by atoms with Gasteiger partial charge in [0, 0.05) is 56.2 Å². The number of anilines is 1. The van der Waals surface area contributed by atoms with Gasteiger partial charge >= 0.3 is 0 Å². The molecule has 0 spiro atoms. The van der Waals surface area contributed by atoms with Crippen molar-refractivity contribution in [1.82, 2.24) is 9.80 Å². The normalized spacial score (nSPS) is 15.4. The lowest BCUT2D eigenvalue weighted by molar-refractivity contribution is -0.132. The van der Waals surface area contributed by atoms with Gasteiger partial charge in [0.25, 0.3) is 0 Å². The minimum absolute atomic E-state index is 0.0469. The molecule has 1 aliphatic heterocycles. The Bertz CT molecular complexity index is 598. The summed E-state index contributed by atoms with van der Waals surface area (Å²) >= 11 is 3.50. The fraction of sp³-hybridized carbons (Fsp3) is 0.556. The zero-order valence-electron chi connectivity index (χ0n) is 14.7. The molecule has 1 aromatic carbocycles. The molecule has 0 radical (unpaired) electrons. The van der Waals surface area contributed by atoms with Crippen LogP contribution in [-0.4, -0.2) is 60.9 Å². The molecule has 24 heavy (non-hydrogen) atoms. The third-order valence-electron chi connectivity index (χ3n) is 4.57. The Balaban J connectivity index is 1.95. The Hall–Kier alpha value is -1.40. The Kier molecular flexibility index (Phi) is 6.80. The zero-order valence-corrected chi connectivity index (χ0v) is 16.3. The summed E-state index contributed by atoms with van der Waals surface area (Å²) in [5.41, 5.74) is 1.94. The van der Waals surface area contributed by atoms with Crippen LogP contribution in [0.3, 0.4) is 0 Å². The van der Waals surface area contributed by atoms with E-state index in [2.05, 4.69) is 27.8 Å². The number of piperazine rings is 1. The number of halogens is 1. The molecule has 1 heterocycles. The van der Waals surface area contributed by atoms with Crippen LogP contribution in [0.2, 0.25) is 0 Å². The van der Waals surface area contributed by atoms with Gasteiger partial charge in [0.1, 0.15) is 0 Å². The van der Waals surface area contributed by atoms with Gasteiger partial charge in [-0.15, -0.1) is 0 Å². The molecule has 1 fully saturated rings. The zero-order chi connectivity index (χ0) is 17.7. The van der Waals surface area contributed by atoms with Crippen molar-refractivity contribution in [2.75, 3.05) is 44.2 Å². The van der Waals surface area contributed by atoms with Crippen LogP contribution in [0.1, 0.15) is 25.8 Å². The first-order chi connectivity index (χ1) is 11.4. The highest BCUT2D eigenvalue weighted by Crippen LogP contribution is 2.24. The van der Waals surface area contributed by atoms with Crippen LogP contribution in [0.15, 0.2) is 22.7 Å². The predicted octanol–water partition coefficient (Wildman–Crippen LogP) is 2.66. The van der Waals surface area contributed by atoms with E-state index in [0.717, 1.165) is 48.4 Å². The fourth-order valence-corrected chi connectivity index (χ4v) is 3.26. The molecular weight excluding hydrogens is 370 g/mol. The lowest BCUT2D eigenvalue weighted by atomic mass is 10.2. The SMILES string of the molecule is CCN1CCN(C(=O)CCN(C(C)=O)c2ccc(C)c(Br)c2)CC1. The highest BCUT2D eigenvalue weighted by Gasteiger charge is 2.21. The van der Waals surface area contributed by atoms with E-state index in [1.54, 1.807) is 4.90 Å². The topological polar surface area (TPSA) is 43.9 Å². The first-order valence-corrected chi connectivity index (χ1v) is 9.26. The van der Waals surface area contributed by atoms with Crippen molar-refractivity contribution >= 4 is 33.4 Å². The molecule has 0 saturated carbocycles. The van der Waals surface area contributed by atoms with Gasteiger partial charge in [0.15, 0.2) is 0 Å². The number of carbonyl (C=O) groups excluding carboxylic acids is 2. The van der Waals surface area contributed by atoms with E-state index in [0.29, 0.717) is 13.0 Å². The van der Waals surface area contributed by atoms with Crippen LogP contribution in [0.5, 0.6) is 0 Å². The number of rotatable bonds is 5. The van der Waals surface area contributed by atoms with Gasteiger partial charge in [-0.1, -0.05) is 28.9 Å². The number of carbonyl (C=O) groups is 2. The van der Waals surface area contributed by atoms with Gasteiger partial charge in [-0.3, -0.25) is 9.59 Å². The Morgan fingerprint density at radius 3 is 2.42 bits per heavy atom. The predicted molar refractivity (Wildman–Crippen MR) is 100 cm³/mol. The maximum Gasteiger partial charge on any atom is 0.224 e. The van der Waals surface area contributed by atoms with E-state index in [1.165, 1.54) is 6.92 Å². The number of likely N-dealkylation sites (N-methyl/N-ethyl adjacent to an activating group) is 1. The number of hydrogen-bond donors (Lipinski definition) is 0. The lowest BCUT2D eigenvalue weighted by Gasteiger charge is -2.34. The van der Waals surface area contributed by atoms with E-state index in [1.807, 2.05) is 30.0 Å². The van der Waals surface area contributed by atoms with Crippen LogP contribution in [0.4, 0.5) is 5.69 Å². The minimum Gasteiger partial charge on any atom is -0.340 e. The smallest absolute Gasteiger partial charge is 0.224 e. The van der Waals surface area contributed by atoms with Crippen LogP contribution in [0.25, 0.3) is 0 Å². The van der Waals surface area contributed by atoms with Crippen molar-refractivity contribution in [3.8, 4) is 0 Å². The second-order valence-corrected chi connectivity index (χ2v) is 7.02. The maximum atomic E-state index is 12.4. The Labute approximate surface area is 152 Å². The quantitative estimate of drug-likeness (QED) is 0.769. The van der Waals surface area contributed by atoms with Crippen LogP contribution in [0, 0.1) is 6.92 Å². The van der Waals surface area contributed by atoms with Crippen molar-refractivity contribution in [3.63, 3.8) is 0 Å². The average molecular weight is 396 g/mol. The molecule has 0 bridgehead atoms. The summed E-state index contributed by atoms with van der Waals surface area (Å²) in [6, 6.07) is 5.83. The highest BCUT2D eigenvalue weighted by atomic mass is 79.9. The van der Waals surface area contributed by atoms with Gasteiger partial charge in [-0.25, -0.2) is 0 Å². The van der Waals surface area contributed by atoms with Crippen molar-refractivity contribution < 1.29 is 9.59 Å². The highest BCUT2D eigenvalue weighted by molar-refractivity contribution is 9.10. The molecule has 0 aliphatic carbocycles. The number of nitrogens with zero attached hydrogens (tertiary/aromatic N) is 3. The maximum absolute atomic E-state index is 12.4. The average Bonchev–Trinajstić information content (AvgIpc) is 2.57. The number of aryl methyl sites for hydroxylation is 1. The molecule has 2 amide bonds. The molecule has 6 heteroatoms. The standard InChI is InChI=1S/C18H26BrN3O2/c1-4-20-9-11-21(12-10-20)18(24)7-8-22(15(3)23)16-6-5-14(2)17(19)13-16/h5-6,13H,4,7-12H2,1-3H3. The summed E-state index contributed by atoms with van der Waals surface area (Å²) in [7, 11) is 0. The first-order valence-electron chi connectivity index (χ1n) is 8.46. The van der Waals surface area contributed by atoms with Crippen molar-refractivity contribution in [2.45, 2.75) is 27.2 Å². The molecule has 0 atom stereocenters. The molecule has 1 aromatic rings. The summed E-state index contributed by atoms with van der Waals surface area (Å²) in [5.74, 6) is 0.0811. The number of amides is 2. The number of hydrogen-bond acceptors (Lipinski definition) is 3. The monoisotopic (exact) mass is 395 g/mol. The van der Waals surface area contributed by atoms with Gasteiger partial charge in [0.05, 0.1) is 0 Å². The van der Waals surface area contributed by atoms with Crippen LogP contribution >= 0.6 is 15.9 Å². The third kappa shape index (κ3) is 4.80. The molecule has 5 nitrogen and oxygen atoms in total. The van der Waals surface area contributed by atoms with Crippen LogP contribution in [-0.2, 0) is 9.59 Å². The Morgan fingerprint density at radius 2 is 1.88 bits per heavy atom. The molecule has 0 N–H and O–H groups in total. The first kappa shape index (κ1) is 18.9. The van der Waals surface area contributed by atoms with E-state index in [-0.39, 0.29) is 11.8 Å².